The largest absolute Gasteiger partial charge is 0.357 e. The highest BCUT2D eigenvalue weighted by atomic mass is 19.3. The number of alkyl halides is 2. The van der Waals surface area contributed by atoms with Crippen LogP contribution in [0.5, 0.6) is 0 Å². The Morgan fingerprint density at radius 3 is 2.77 bits per heavy atom. The quantitative estimate of drug-likeness (QED) is 0.615. The van der Waals surface area contributed by atoms with Gasteiger partial charge in [0.15, 0.2) is 0 Å². The van der Waals surface area contributed by atoms with Gasteiger partial charge in [0, 0.05) is 19.6 Å². The summed E-state index contributed by atoms with van der Waals surface area (Å²) in [5.74, 6) is 0.757. The first-order chi connectivity index (χ1) is 6.11. The zero-order valence-corrected chi connectivity index (χ0v) is 7.71. The van der Waals surface area contributed by atoms with Crippen LogP contribution < -0.4 is 0 Å². The van der Waals surface area contributed by atoms with E-state index in [4.69, 9.17) is 0 Å². The van der Waals surface area contributed by atoms with E-state index < -0.39 is 12.5 Å². The predicted molar refractivity (Wildman–Crippen MR) is 46.4 cm³/mol. The third-order valence-electron chi connectivity index (χ3n) is 3.18. The van der Waals surface area contributed by atoms with E-state index in [9.17, 15) is 8.78 Å². The fourth-order valence-corrected chi connectivity index (χ4v) is 2.26. The summed E-state index contributed by atoms with van der Waals surface area (Å²) in [5.41, 5.74) is 0. The Balaban J connectivity index is 2.17. The third-order valence-corrected chi connectivity index (χ3v) is 3.18. The van der Waals surface area contributed by atoms with Crippen LogP contribution in [0.3, 0.4) is 0 Å². The molecule has 0 radical (unpaired) electrons. The van der Waals surface area contributed by atoms with Gasteiger partial charge in [0.05, 0.1) is 11.9 Å². The molecular formula is C9H14F2N2. The van der Waals surface area contributed by atoms with E-state index in [2.05, 4.69) is 6.58 Å². The minimum atomic E-state index is -2.25. The number of nitrogens with zero attached hydrogens (tertiary/aromatic N) is 2. The molecule has 2 atom stereocenters. The normalized spacial score (nSPS) is 33.4. The third kappa shape index (κ3) is 1.19. The van der Waals surface area contributed by atoms with Gasteiger partial charge in [-0.15, -0.1) is 0 Å². The number of hydrogen-bond donors (Lipinski definition) is 0. The molecular weight excluding hydrogens is 174 g/mol. The molecule has 2 bridgehead atoms. The SMILES string of the molecule is C=C1N(C)C2CCC(C(F)F)N1C2. The average Bonchev–Trinajstić information content (AvgIpc) is 2.32. The zero-order valence-electron chi connectivity index (χ0n) is 7.71. The monoisotopic (exact) mass is 188 g/mol. The summed E-state index contributed by atoms with van der Waals surface area (Å²) in [6, 6.07) is -0.198. The second kappa shape index (κ2) is 2.86. The molecule has 0 aromatic rings. The van der Waals surface area contributed by atoms with Gasteiger partial charge in [0.2, 0.25) is 0 Å². The van der Waals surface area contributed by atoms with Crippen molar-refractivity contribution < 1.29 is 8.78 Å². The Labute approximate surface area is 76.8 Å². The molecule has 0 spiro atoms. The Morgan fingerprint density at radius 1 is 1.46 bits per heavy atom. The van der Waals surface area contributed by atoms with Crippen molar-refractivity contribution in [3.63, 3.8) is 0 Å². The van der Waals surface area contributed by atoms with Crippen LogP contribution in [-0.2, 0) is 0 Å². The molecule has 74 valence electrons. The van der Waals surface area contributed by atoms with Crippen LogP contribution in [0.4, 0.5) is 8.78 Å². The average molecular weight is 188 g/mol. The molecule has 2 aliphatic rings. The highest BCUT2D eigenvalue weighted by Crippen LogP contribution is 2.35. The number of piperidine rings is 1. The van der Waals surface area contributed by atoms with Crippen molar-refractivity contribution in [3.8, 4) is 0 Å². The number of rotatable bonds is 1. The molecule has 2 heterocycles. The first kappa shape index (κ1) is 8.78. The highest BCUT2D eigenvalue weighted by molar-refractivity contribution is 5.09. The lowest BCUT2D eigenvalue weighted by Crippen LogP contribution is -2.42. The topological polar surface area (TPSA) is 6.48 Å². The molecule has 0 aliphatic carbocycles. The van der Waals surface area contributed by atoms with Crippen LogP contribution in [0.1, 0.15) is 12.8 Å². The van der Waals surface area contributed by atoms with Gasteiger partial charge >= 0.3 is 0 Å². The summed E-state index contributed by atoms with van der Waals surface area (Å²) in [5, 5.41) is 0. The molecule has 0 N–H and O–H groups in total. The lowest BCUT2D eigenvalue weighted by atomic mass is 10.0. The molecule has 13 heavy (non-hydrogen) atoms. The van der Waals surface area contributed by atoms with Crippen LogP contribution in [0.25, 0.3) is 0 Å². The van der Waals surface area contributed by atoms with Gasteiger partial charge < -0.3 is 9.80 Å². The molecule has 2 nitrogen and oxygen atoms in total. The maximum Gasteiger partial charge on any atom is 0.258 e. The van der Waals surface area contributed by atoms with Gasteiger partial charge in [-0.2, -0.15) is 0 Å². The minimum absolute atomic E-state index is 0.405. The summed E-state index contributed by atoms with van der Waals surface area (Å²) >= 11 is 0. The number of fused-ring (bicyclic) bond motifs is 2. The summed E-state index contributed by atoms with van der Waals surface area (Å²) < 4.78 is 25.2. The molecule has 2 fully saturated rings. The second-order valence-electron chi connectivity index (χ2n) is 3.81. The van der Waals surface area contributed by atoms with E-state index in [1.165, 1.54) is 0 Å². The summed E-state index contributed by atoms with van der Waals surface area (Å²) in [4.78, 5) is 3.77. The first-order valence-corrected chi connectivity index (χ1v) is 4.58. The van der Waals surface area contributed by atoms with Crippen LogP contribution >= 0.6 is 0 Å². The molecule has 2 rings (SSSR count). The Hall–Kier alpha value is -0.800. The first-order valence-electron chi connectivity index (χ1n) is 4.58. The number of hydrogen-bond acceptors (Lipinski definition) is 2. The fraction of sp³-hybridized carbons (Fsp3) is 0.778. The lowest BCUT2D eigenvalue weighted by Gasteiger charge is -2.31. The van der Waals surface area contributed by atoms with Crippen LogP contribution in [0, 0.1) is 0 Å². The fourth-order valence-electron chi connectivity index (χ4n) is 2.26. The van der Waals surface area contributed by atoms with Gasteiger partial charge in [-0.25, -0.2) is 8.78 Å². The van der Waals surface area contributed by atoms with E-state index >= 15 is 0 Å². The summed E-state index contributed by atoms with van der Waals surface area (Å²) in [6.45, 7) is 4.56. The van der Waals surface area contributed by atoms with E-state index in [0.717, 1.165) is 18.8 Å². The smallest absolute Gasteiger partial charge is 0.258 e. The number of halogens is 2. The summed E-state index contributed by atoms with van der Waals surface area (Å²) in [6.07, 6.45) is -0.795. The van der Waals surface area contributed by atoms with E-state index in [1.54, 1.807) is 4.90 Å². The van der Waals surface area contributed by atoms with Gasteiger partial charge in [-0.05, 0) is 12.8 Å². The van der Waals surface area contributed by atoms with E-state index in [1.807, 2.05) is 11.9 Å². The van der Waals surface area contributed by atoms with E-state index in [0.29, 0.717) is 12.5 Å². The van der Waals surface area contributed by atoms with Gasteiger partial charge in [0.1, 0.15) is 0 Å². The van der Waals surface area contributed by atoms with Crippen molar-refractivity contribution >= 4 is 0 Å². The maximum absolute atomic E-state index is 12.6. The molecule has 0 saturated carbocycles. The van der Waals surface area contributed by atoms with Crippen molar-refractivity contribution in [2.75, 3.05) is 13.6 Å². The maximum atomic E-state index is 12.6. The Kier molecular flexibility index (Phi) is 1.93. The van der Waals surface area contributed by atoms with Crippen molar-refractivity contribution in [2.45, 2.75) is 31.4 Å². The van der Waals surface area contributed by atoms with Crippen molar-refractivity contribution in [2.24, 2.45) is 0 Å². The molecule has 4 heteroatoms. The molecule has 0 amide bonds. The molecule has 2 unspecified atom stereocenters. The van der Waals surface area contributed by atoms with E-state index in [-0.39, 0.29) is 0 Å². The lowest BCUT2D eigenvalue weighted by molar-refractivity contribution is 0.0320. The molecule has 0 aromatic heterocycles. The van der Waals surface area contributed by atoms with Crippen LogP contribution in [0.15, 0.2) is 12.4 Å². The Bertz CT molecular complexity index is 230. The van der Waals surface area contributed by atoms with Gasteiger partial charge in [-0.3, -0.25) is 0 Å². The van der Waals surface area contributed by atoms with Crippen molar-refractivity contribution in [1.82, 2.24) is 9.80 Å². The van der Waals surface area contributed by atoms with Crippen LogP contribution in [-0.4, -0.2) is 41.9 Å². The van der Waals surface area contributed by atoms with Crippen molar-refractivity contribution in [1.29, 1.82) is 0 Å². The zero-order chi connectivity index (χ0) is 9.59. The predicted octanol–water partition coefficient (Wildman–Crippen LogP) is 1.50. The molecule has 2 saturated heterocycles. The van der Waals surface area contributed by atoms with Gasteiger partial charge in [-0.1, -0.05) is 6.58 Å². The molecule has 0 aromatic carbocycles. The van der Waals surface area contributed by atoms with Gasteiger partial charge in [0.25, 0.3) is 6.43 Å². The minimum Gasteiger partial charge on any atom is -0.357 e. The second-order valence-corrected chi connectivity index (χ2v) is 3.81. The summed E-state index contributed by atoms with van der Waals surface area (Å²) in [7, 11) is 1.93. The number of likely N-dealkylation sites (N-methyl/N-ethyl adjacent to an activating group) is 1. The standard InChI is InChI=1S/C9H14F2N2/c1-6-12(2)7-3-4-8(9(10)11)13(6)5-7/h7-9H,1,3-5H2,2H3. The molecule has 2 aliphatic heterocycles. The van der Waals surface area contributed by atoms with Crippen LogP contribution in [0.2, 0.25) is 0 Å². The highest BCUT2D eigenvalue weighted by Gasteiger charge is 2.42. The Morgan fingerprint density at radius 2 is 2.15 bits per heavy atom. The van der Waals surface area contributed by atoms with Crippen molar-refractivity contribution in [3.05, 3.63) is 12.4 Å².